The highest BCUT2D eigenvalue weighted by molar-refractivity contribution is 6.35. The molecule has 2 amide bonds. The molecule has 0 aliphatic carbocycles. The molecular formula is C21H22Cl2N2O2. The Balaban J connectivity index is 1.50. The van der Waals surface area contributed by atoms with Crippen molar-refractivity contribution in [3.63, 3.8) is 0 Å². The number of rotatable bonds is 4. The normalized spacial score (nSPS) is 14.9. The number of aryl methyl sites for hydroxylation is 1. The molecule has 0 bridgehead atoms. The lowest BCUT2D eigenvalue weighted by Crippen LogP contribution is -2.42. The van der Waals surface area contributed by atoms with Crippen LogP contribution >= 0.6 is 23.2 Å². The van der Waals surface area contributed by atoms with Crippen LogP contribution in [-0.2, 0) is 11.3 Å². The summed E-state index contributed by atoms with van der Waals surface area (Å²) in [6.45, 7) is 3.55. The molecule has 0 unspecified atom stereocenters. The largest absolute Gasteiger partial charge is 0.352 e. The van der Waals surface area contributed by atoms with Gasteiger partial charge in [-0.2, -0.15) is 0 Å². The summed E-state index contributed by atoms with van der Waals surface area (Å²) in [5.41, 5.74) is 2.66. The predicted molar refractivity (Wildman–Crippen MR) is 108 cm³/mol. The SMILES string of the molecule is Cc1ccc(C(=O)N2CCC(C(=O)NCc3ccc(Cl)cc3Cl)CC2)cc1. The number of hydrogen-bond acceptors (Lipinski definition) is 2. The zero-order valence-corrected chi connectivity index (χ0v) is 16.7. The van der Waals surface area contributed by atoms with E-state index in [9.17, 15) is 9.59 Å². The number of halogens is 2. The van der Waals surface area contributed by atoms with E-state index in [1.807, 2.05) is 42.2 Å². The Morgan fingerprint density at radius 3 is 2.37 bits per heavy atom. The Morgan fingerprint density at radius 1 is 1.07 bits per heavy atom. The molecular weight excluding hydrogens is 383 g/mol. The smallest absolute Gasteiger partial charge is 0.253 e. The molecule has 0 spiro atoms. The van der Waals surface area contributed by atoms with Crippen molar-refractivity contribution in [3.8, 4) is 0 Å². The number of nitrogens with one attached hydrogen (secondary N) is 1. The first kappa shape index (κ1) is 19.7. The molecule has 1 saturated heterocycles. The van der Waals surface area contributed by atoms with E-state index in [0.717, 1.165) is 11.1 Å². The lowest BCUT2D eigenvalue weighted by molar-refractivity contribution is -0.126. The standard InChI is InChI=1S/C21H22Cl2N2O2/c1-14-2-4-16(5-3-14)21(27)25-10-8-15(9-11-25)20(26)24-13-17-6-7-18(22)12-19(17)23/h2-7,12,15H,8-11,13H2,1H3,(H,24,26). The average Bonchev–Trinajstić information content (AvgIpc) is 2.67. The quantitative estimate of drug-likeness (QED) is 0.816. The molecule has 1 heterocycles. The Labute approximate surface area is 169 Å². The Hall–Kier alpha value is -2.04. The van der Waals surface area contributed by atoms with E-state index < -0.39 is 0 Å². The van der Waals surface area contributed by atoms with Crippen LogP contribution in [0.25, 0.3) is 0 Å². The summed E-state index contributed by atoms with van der Waals surface area (Å²) in [7, 11) is 0. The second kappa shape index (κ2) is 8.77. The van der Waals surface area contributed by atoms with Gasteiger partial charge < -0.3 is 10.2 Å². The van der Waals surface area contributed by atoms with Gasteiger partial charge in [0.15, 0.2) is 0 Å². The maximum atomic E-state index is 12.6. The van der Waals surface area contributed by atoms with Gasteiger partial charge in [0, 0.05) is 41.2 Å². The van der Waals surface area contributed by atoms with Crippen molar-refractivity contribution >= 4 is 35.0 Å². The van der Waals surface area contributed by atoms with Crippen molar-refractivity contribution < 1.29 is 9.59 Å². The zero-order chi connectivity index (χ0) is 19.4. The Bertz CT molecular complexity index is 829. The molecule has 142 valence electrons. The van der Waals surface area contributed by atoms with Gasteiger partial charge in [0.2, 0.25) is 5.91 Å². The summed E-state index contributed by atoms with van der Waals surface area (Å²) in [4.78, 5) is 26.8. The van der Waals surface area contributed by atoms with Gasteiger partial charge in [-0.25, -0.2) is 0 Å². The molecule has 1 fully saturated rings. The van der Waals surface area contributed by atoms with Crippen LogP contribution in [-0.4, -0.2) is 29.8 Å². The molecule has 27 heavy (non-hydrogen) atoms. The number of piperidine rings is 1. The van der Waals surface area contributed by atoms with Crippen LogP contribution in [0.3, 0.4) is 0 Å². The highest BCUT2D eigenvalue weighted by atomic mass is 35.5. The Morgan fingerprint density at radius 2 is 1.74 bits per heavy atom. The van der Waals surface area contributed by atoms with E-state index in [-0.39, 0.29) is 17.7 Å². The van der Waals surface area contributed by atoms with Crippen LogP contribution in [0, 0.1) is 12.8 Å². The van der Waals surface area contributed by atoms with E-state index in [0.29, 0.717) is 48.1 Å². The van der Waals surface area contributed by atoms with Gasteiger partial charge >= 0.3 is 0 Å². The Kier molecular flexibility index (Phi) is 6.40. The third-order valence-electron chi connectivity index (χ3n) is 4.92. The fraction of sp³-hybridized carbons (Fsp3) is 0.333. The molecule has 4 nitrogen and oxygen atoms in total. The van der Waals surface area contributed by atoms with Gasteiger partial charge in [0.25, 0.3) is 5.91 Å². The number of hydrogen-bond donors (Lipinski definition) is 1. The summed E-state index contributed by atoms with van der Waals surface area (Å²) in [5, 5.41) is 4.05. The summed E-state index contributed by atoms with van der Waals surface area (Å²) < 4.78 is 0. The third kappa shape index (κ3) is 5.02. The second-order valence-electron chi connectivity index (χ2n) is 6.89. The fourth-order valence-corrected chi connectivity index (χ4v) is 3.69. The maximum absolute atomic E-state index is 12.6. The molecule has 1 N–H and O–H groups in total. The van der Waals surface area contributed by atoms with Crippen LogP contribution in [0.5, 0.6) is 0 Å². The van der Waals surface area contributed by atoms with Gasteiger partial charge in [0.1, 0.15) is 0 Å². The molecule has 6 heteroatoms. The van der Waals surface area contributed by atoms with Crippen molar-refractivity contribution in [2.24, 2.45) is 5.92 Å². The van der Waals surface area contributed by atoms with Gasteiger partial charge in [-0.15, -0.1) is 0 Å². The minimum atomic E-state index is -0.0851. The molecule has 3 rings (SSSR count). The van der Waals surface area contributed by atoms with Crippen LogP contribution in [0.4, 0.5) is 0 Å². The van der Waals surface area contributed by atoms with E-state index in [1.165, 1.54) is 0 Å². The highest BCUT2D eigenvalue weighted by Crippen LogP contribution is 2.22. The molecule has 2 aromatic carbocycles. The first-order valence-corrected chi connectivity index (χ1v) is 9.77. The van der Waals surface area contributed by atoms with Crippen molar-refractivity contribution in [3.05, 3.63) is 69.2 Å². The van der Waals surface area contributed by atoms with Crippen LogP contribution in [0.2, 0.25) is 10.0 Å². The number of benzene rings is 2. The predicted octanol–water partition coefficient (Wildman–Crippen LogP) is 4.47. The summed E-state index contributed by atoms with van der Waals surface area (Å²) in [6, 6.07) is 12.8. The minimum absolute atomic E-state index is 0.00320. The van der Waals surface area contributed by atoms with E-state index >= 15 is 0 Å². The first-order chi connectivity index (χ1) is 12.9. The van der Waals surface area contributed by atoms with Gasteiger partial charge in [-0.05, 0) is 49.6 Å². The third-order valence-corrected chi connectivity index (χ3v) is 5.51. The van der Waals surface area contributed by atoms with Crippen LogP contribution < -0.4 is 5.32 Å². The second-order valence-corrected chi connectivity index (χ2v) is 7.73. The lowest BCUT2D eigenvalue weighted by atomic mass is 9.95. The van der Waals surface area contributed by atoms with E-state index in [4.69, 9.17) is 23.2 Å². The molecule has 2 aromatic rings. The van der Waals surface area contributed by atoms with E-state index in [1.54, 1.807) is 12.1 Å². The summed E-state index contributed by atoms with van der Waals surface area (Å²) in [5.74, 6) is -0.0524. The molecule has 0 saturated carbocycles. The first-order valence-electron chi connectivity index (χ1n) is 9.01. The molecule has 1 aliphatic heterocycles. The van der Waals surface area contributed by atoms with Crippen LogP contribution in [0.15, 0.2) is 42.5 Å². The lowest BCUT2D eigenvalue weighted by Gasteiger charge is -2.31. The van der Waals surface area contributed by atoms with Crippen molar-refractivity contribution in [2.75, 3.05) is 13.1 Å². The summed E-state index contributed by atoms with van der Waals surface area (Å²) >= 11 is 12.0. The molecule has 0 radical (unpaired) electrons. The summed E-state index contributed by atoms with van der Waals surface area (Å²) in [6.07, 6.45) is 1.33. The molecule has 1 aliphatic rings. The van der Waals surface area contributed by atoms with Crippen molar-refractivity contribution in [1.29, 1.82) is 0 Å². The van der Waals surface area contributed by atoms with Gasteiger partial charge in [-0.1, -0.05) is 47.0 Å². The maximum Gasteiger partial charge on any atom is 0.253 e. The average molecular weight is 405 g/mol. The minimum Gasteiger partial charge on any atom is -0.352 e. The number of carbonyl (C=O) groups excluding carboxylic acids is 2. The van der Waals surface area contributed by atoms with Crippen LogP contribution in [0.1, 0.15) is 34.3 Å². The van der Waals surface area contributed by atoms with Gasteiger partial charge in [-0.3, -0.25) is 9.59 Å². The van der Waals surface area contributed by atoms with Crippen molar-refractivity contribution in [2.45, 2.75) is 26.3 Å². The van der Waals surface area contributed by atoms with E-state index in [2.05, 4.69) is 5.32 Å². The topological polar surface area (TPSA) is 49.4 Å². The number of carbonyl (C=O) groups is 2. The fourth-order valence-electron chi connectivity index (χ4n) is 3.22. The van der Waals surface area contributed by atoms with Crippen molar-refractivity contribution in [1.82, 2.24) is 10.2 Å². The highest BCUT2D eigenvalue weighted by Gasteiger charge is 2.27. The van der Waals surface area contributed by atoms with Gasteiger partial charge in [0.05, 0.1) is 0 Å². The number of likely N-dealkylation sites (tertiary alicyclic amines) is 1. The molecule has 0 aromatic heterocycles. The zero-order valence-electron chi connectivity index (χ0n) is 15.2. The number of amides is 2. The number of nitrogens with zero attached hydrogens (tertiary/aromatic N) is 1. The molecule has 0 atom stereocenters. The monoisotopic (exact) mass is 404 g/mol.